The number of piperidine rings is 1. The van der Waals surface area contributed by atoms with Crippen molar-refractivity contribution in [1.82, 2.24) is 0 Å². The first-order valence-electron chi connectivity index (χ1n) is 6.89. The summed E-state index contributed by atoms with van der Waals surface area (Å²) in [6, 6.07) is 7.76. The van der Waals surface area contributed by atoms with E-state index in [9.17, 15) is 5.11 Å². The Bertz CT molecular complexity index is 476. The molecule has 1 aliphatic carbocycles. The number of hydrogen-bond acceptors (Lipinski definition) is 1. The van der Waals surface area contributed by atoms with Crippen LogP contribution in [-0.2, 0) is 6.42 Å². The van der Waals surface area contributed by atoms with Gasteiger partial charge in [0.1, 0.15) is 5.75 Å². The van der Waals surface area contributed by atoms with Gasteiger partial charge in [0.2, 0.25) is 0 Å². The van der Waals surface area contributed by atoms with E-state index in [1.165, 1.54) is 36.8 Å². The van der Waals surface area contributed by atoms with E-state index in [0.29, 0.717) is 5.75 Å². The highest BCUT2D eigenvalue weighted by atomic mass is 79.9. The topological polar surface area (TPSA) is 24.7 Å². The van der Waals surface area contributed by atoms with Crippen LogP contribution in [0.2, 0.25) is 0 Å². The van der Waals surface area contributed by atoms with Crippen LogP contribution in [0.3, 0.4) is 0 Å². The van der Waals surface area contributed by atoms with Crippen molar-refractivity contribution in [1.29, 1.82) is 0 Å². The van der Waals surface area contributed by atoms with Crippen LogP contribution in [0.15, 0.2) is 18.2 Å². The summed E-state index contributed by atoms with van der Waals surface area (Å²) < 4.78 is 0. The van der Waals surface area contributed by atoms with Crippen LogP contribution in [0.25, 0.3) is 0 Å². The minimum atomic E-state index is 0. The van der Waals surface area contributed by atoms with E-state index in [-0.39, 0.29) is 17.0 Å². The van der Waals surface area contributed by atoms with Crippen molar-refractivity contribution in [2.45, 2.75) is 43.7 Å². The van der Waals surface area contributed by atoms with E-state index >= 15 is 0 Å². The average Bonchev–Trinajstić information content (AvgIpc) is 2.77. The van der Waals surface area contributed by atoms with Gasteiger partial charge >= 0.3 is 0 Å². The second kappa shape index (κ2) is 4.24. The van der Waals surface area contributed by atoms with E-state index in [1.54, 1.807) is 4.90 Å². The van der Waals surface area contributed by atoms with Crippen molar-refractivity contribution in [2.75, 3.05) is 7.05 Å². The first kappa shape index (κ1) is 12.5. The average molecular weight is 310 g/mol. The van der Waals surface area contributed by atoms with Gasteiger partial charge in [-0.1, -0.05) is 6.07 Å². The smallest absolute Gasteiger partial charge is 0.115 e. The van der Waals surface area contributed by atoms with Gasteiger partial charge in [-0.2, -0.15) is 0 Å². The van der Waals surface area contributed by atoms with Crippen molar-refractivity contribution in [3.05, 3.63) is 29.3 Å². The summed E-state index contributed by atoms with van der Waals surface area (Å²) >= 11 is 0. The zero-order valence-corrected chi connectivity index (χ0v) is 12.3. The molecule has 2 heterocycles. The Kier molecular flexibility index (Phi) is 2.94. The fourth-order valence-corrected chi connectivity index (χ4v) is 4.77. The normalized spacial score (nSPS) is 39.9. The molecule has 3 aliphatic rings. The summed E-state index contributed by atoms with van der Waals surface area (Å²) in [6.07, 6.45) is 5.41. The number of fused-ring (bicyclic) bond motifs is 6. The number of nitrogens with one attached hydrogen (secondary N) is 1. The lowest BCUT2D eigenvalue weighted by molar-refractivity contribution is -0.927. The maximum Gasteiger partial charge on any atom is 0.115 e. The maximum atomic E-state index is 9.68. The summed E-state index contributed by atoms with van der Waals surface area (Å²) in [6.45, 7) is 0. The molecule has 5 unspecified atom stereocenters. The highest BCUT2D eigenvalue weighted by molar-refractivity contribution is 5.42. The monoisotopic (exact) mass is 309 g/mol. The highest BCUT2D eigenvalue weighted by Gasteiger charge is 2.52. The minimum absolute atomic E-state index is 0. The molecule has 0 amide bonds. The van der Waals surface area contributed by atoms with Crippen molar-refractivity contribution in [3.8, 4) is 5.75 Å². The van der Waals surface area contributed by atoms with Crippen molar-refractivity contribution >= 4 is 0 Å². The molecule has 2 nitrogen and oxygen atoms in total. The Balaban J connectivity index is 0.000001000. The molecule has 5 atom stereocenters. The van der Waals surface area contributed by atoms with E-state index < -0.39 is 0 Å². The molecule has 0 radical (unpaired) electrons. The summed E-state index contributed by atoms with van der Waals surface area (Å²) in [5, 5.41) is 9.68. The molecule has 2 bridgehead atoms. The van der Waals surface area contributed by atoms with E-state index in [1.807, 2.05) is 12.1 Å². The summed E-state index contributed by atoms with van der Waals surface area (Å²) in [5.41, 5.74) is 2.96. The Morgan fingerprint density at radius 1 is 1.28 bits per heavy atom. The van der Waals surface area contributed by atoms with Gasteiger partial charge in [-0.05, 0) is 35.6 Å². The number of benzene rings is 1. The Hall–Kier alpha value is -0.540. The highest BCUT2D eigenvalue weighted by Crippen LogP contribution is 2.47. The maximum absolute atomic E-state index is 9.68. The van der Waals surface area contributed by atoms with Crippen LogP contribution in [0.5, 0.6) is 5.75 Å². The van der Waals surface area contributed by atoms with Crippen LogP contribution < -0.4 is 21.9 Å². The predicted molar refractivity (Wildman–Crippen MR) is 66.4 cm³/mol. The molecule has 0 spiro atoms. The molecule has 1 aromatic rings. The van der Waals surface area contributed by atoms with Crippen LogP contribution >= 0.6 is 0 Å². The summed E-state index contributed by atoms with van der Waals surface area (Å²) in [5.74, 6) is 2.02. The largest absolute Gasteiger partial charge is 1.00 e. The van der Waals surface area contributed by atoms with Crippen LogP contribution in [0.1, 0.15) is 36.3 Å². The number of rotatable bonds is 0. The first-order chi connectivity index (χ1) is 8.24. The van der Waals surface area contributed by atoms with Crippen molar-refractivity contribution in [3.63, 3.8) is 0 Å². The second-order valence-corrected chi connectivity index (χ2v) is 6.22. The number of aromatic hydroxyl groups is 1. The molecule has 2 fully saturated rings. The van der Waals surface area contributed by atoms with Gasteiger partial charge in [0.05, 0.1) is 19.1 Å². The first-order valence-corrected chi connectivity index (χ1v) is 6.89. The third kappa shape index (κ3) is 1.56. The fourth-order valence-electron chi connectivity index (χ4n) is 4.77. The van der Waals surface area contributed by atoms with Crippen LogP contribution in [0, 0.1) is 5.92 Å². The van der Waals surface area contributed by atoms with Crippen LogP contribution in [-0.4, -0.2) is 24.2 Å². The molecule has 2 saturated heterocycles. The number of phenols is 1. The molecule has 2 aliphatic heterocycles. The lowest BCUT2D eigenvalue weighted by Gasteiger charge is -2.37. The molecule has 4 rings (SSSR count). The zero-order chi connectivity index (χ0) is 11.6. The molecule has 18 heavy (non-hydrogen) atoms. The number of hydrogen-bond donors (Lipinski definition) is 2. The van der Waals surface area contributed by atoms with Gasteiger partial charge in [-0.15, -0.1) is 0 Å². The lowest BCUT2D eigenvalue weighted by atomic mass is 9.81. The van der Waals surface area contributed by atoms with Gasteiger partial charge in [-0.3, -0.25) is 0 Å². The Morgan fingerprint density at radius 3 is 2.94 bits per heavy atom. The molecule has 0 aromatic heterocycles. The van der Waals surface area contributed by atoms with Gasteiger partial charge in [-0.25, -0.2) is 0 Å². The zero-order valence-electron chi connectivity index (χ0n) is 10.7. The molecule has 2 N–H and O–H groups in total. The standard InChI is InChI=1S/C15H19NO.BrH/c1-16-10-3-5-15(16)14-6-9-2-4-11(17)8-12(9)13(14)7-10;/h2,4,8,10,13-15,17H,3,5-7H2,1H3;1H. The number of halogens is 1. The molecular weight excluding hydrogens is 290 g/mol. The Labute approximate surface area is 119 Å². The SMILES string of the molecule is C[NH+]1C2CCC1C1Cc3ccc(O)cc3C1C2.[Br-]. The number of phenolic OH excluding ortho intramolecular Hbond substituents is 1. The second-order valence-electron chi connectivity index (χ2n) is 6.22. The van der Waals surface area contributed by atoms with Crippen molar-refractivity contribution in [2.24, 2.45) is 5.92 Å². The minimum Gasteiger partial charge on any atom is -1.00 e. The predicted octanol–water partition coefficient (Wildman–Crippen LogP) is -1.90. The number of quaternary nitrogens is 1. The van der Waals surface area contributed by atoms with Gasteiger partial charge in [0, 0.05) is 25.2 Å². The lowest BCUT2D eigenvalue weighted by Crippen LogP contribution is -3.16. The Morgan fingerprint density at radius 2 is 2.11 bits per heavy atom. The van der Waals surface area contributed by atoms with Gasteiger partial charge in [0.25, 0.3) is 0 Å². The molecule has 98 valence electrons. The third-order valence-electron chi connectivity index (χ3n) is 5.61. The van der Waals surface area contributed by atoms with Crippen molar-refractivity contribution < 1.29 is 27.0 Å². The molecule has 0 saturated carbocycles. The summed E-state index contributed by atoms with van der Waals surface area (Å²) in [7, 11) is 2.39. The van der Waals surface area contributed by atoms with Crippen LogP contribution in [0.4, 0.5) is 0 Å². The van der Waals surface area contributed by atoms with E-state index in [0.717, 1.165) is 23.9 Å². The third-order valence-corrected chi connectivity index (χ3v) is 5.61. The fraction of sp³-hybridized carbons (Fsp3) is 0.600. The molecular formula is C15H20BrNO. The summed E-state index contributed by atoms with van der Waals surface area (Å²) in [4.78, 5) is 1.78. The molecule has 3 heteroatoms. The van der Waals surface area contributed by atoms with Gasteiger partial charge < -0.3 is 27.0 Å². The quantitative estimate of drug-likeness (QED) is 0.575. The molecule has 1 aromatic carbocycles. The van der Waals surface area contributed by atoms with Gasteiger partial charge in [0.15, 0.2) is 0 Å². The van der Waals surface area contributed by atoms with E-state index in [2.05, 4.69) is 13.1 Å². The van der Waals surface area contributed by atoms with E-state index in [4.69, 9.17) is 0 Å².